The monoisotopic (exact) mass is 988 g/mol. The van der Waals surface area contributed by atoms with Gasteiger partial charge in [0.15, 0.2) is 5.78 Å². The molecule has 2 heterocycles. The summed E-state index contributed by atoms with van der Waals surface area (Å²) in [5, 5.41) is 54.2. The number of aliphatic hydroxyl groups excluding tert-OH is 2. The van der Waals surface area contributed by atoms with E-state index in [0.717, 1.165) is 112 Å². The van der Waals surface area contributed by atoms with Gasteiger partial charge in [-0.05, 0) is 210 Å². The molecule has 8 N–H and O–H groups in total. The first-order valence-corrected chi connectivity index (χ1v) is 28.7. The Bertz CT molecular complexity index is 2510. The summed E-state index contributed by atoms with van der Waals surface area (Å²) in [6.07, 6.45) is 14.7. The van der Waals surface area contributed by atoms with Gasteiger partial charge in [0.1, 0.15) is 17.6 Å². The van der Waals surface area contributed by atoms with Crippen molar-refractivity contribution < 1.29 is 34.8 Å². The van der Waals surface area contributed by atoms with Crippen LogP contribution in [-0.2, 0) is 26.3 Å². The molecule has 7 saturated carbocycles. The zero-order valence-corrected chi connectivity index (χ0v) is 44.9. The Morgan fingerprint density at radius 2 is 1.68 bits per heavy atom. The summed E-state index contributed by atoms with van der Waals surface area (Å²) < 4.78 is 6.74. The van der Waals surface area contributed by atoms with E-state index >= 15 is 9.59 Å². The number of anilines is 1. The fraction of sp³-hybridized carbons (Fsp3) is 0.742. The van der Waals surface area contributed by atoms with Gasteiger partial charge in [0.05, 0.1) is 22.7 Å². The second-order valence-corrected chi connectivity index (χ2v) is 27.5. The summed E-state index contributed by atoms with van der Waals surface area (Å²) >= 11 is 0. The topological polar surface area (TPSA) is 178 Å². The van der Waals surface area contributed by atoms with Crippen molar-refractivity contribution in [2.75, 3.05) is 25.9 Å². The molecular formula is C62H89N3O7. The number of nitrogen functional groups attached to an aromatic ring is 1. The van der Waals surface area contributed by atoms with Crippen LogP contribution in [0, 0.1) is 57.2 Å². The van der Waals surface area contributed by atoms with Gasteiger partial charge in [-0.3, -0.25) is 9.59 Å². The number of ketones is 2. The second kappa shape index (κ2) is 17.7. The fourth-order valence-corrected chi connectivity index (χ4v) is 20.4. The minimum Gasteiger partial charge on any atom is -0.508 e. The lowest BCUT2D eigenvalue weighted by Crippen LogP contribution is -2.75. The third-order valence-corrected chi connectivity index (χ3v) is 23.2. The van der Waals surface area contributed by atoms with Crippen molar-refractivity contribution in [3.05, 3.63) is 70.3 Å². The van der Waals surface area contributed by atoms with Crippen LogP contribution in [0.15, 0.2) is 53.6 Å². The molecule has 0 spiro atoms. The highest BCUT2D eigenvalue weighted by atomic mass is 16.6. The number of epoxide rings is 1. The molecule has 0 aromatic heterocycles. The van der Waals surface area contributed by atoms with Crippen molar-refractivity contribution in [3.8, 4) is 5.75 Å². The lowest BCUT2D eigenvalue weighted by atomic mass is 9.31. The van der Waals surface area contributed by atoms with E-state index in [1.807, 2.05) is 38.2 Å². The standard InChI is InChI=1S/C62H89N3O7/c1-55(71)21-8-9-22-56(2)53-57(3)34-61(54(56)70,41-26-38(32-64-7)27-43(67)29-41)23-24-62(53,65-36-55)35-59(5)50(57)20-19-47-51(49(69)31-58(47,59)4)45(39-14-10-13-37(25-39)33-66)30-48(68)52-60(6,72-52)46-18-12-17-44(46)40-15-11-16-42(63)28-40/h11,15-16,26-29,37,39,44-46,48,50,52-53,64-68,71H,8-10,12-14,17-25,30-36,63H2,1-7H3/t37-,39-,44-,45-,46+,48+,50+,52+,53-,55-,56+,57-,58-,59-,60+,61-,62-/m0/s1. The zero-order valence-electron chi connectivity index (χ0n) is 44.9. The van der Waals surface area contributed by atoms with Crippen LogP contribution in [0.2, 0.25) is 0 Å². The maximum absolute atomic E-state index is 16.1. The minimum absolute atomic E-state index is 0.0134. The molecular weight excluding hydrogens is 899 g/mol. The van der Waals surface area contributed by atoms with Crippen molar-refractivity contribution in [3.63, 3.8) is 0 Å². The van der Waals surface area contributed by atoms with Gasteiger partial charge in [-0.2, -0.15) is 0 Å². The van der Waals surface area contributed by atoms with Crippen LogP contribution in [-0.4, -0.2) is 81.1 Å². The van der Waals surface area contributed by atoms with Crippen LogP contribution in [0.4, 0.5) is 5.69 Å². The number of nitrogens with two attached hydrogens (primary N) is 1. The number of aliphatic hydroxyl groups is 3. The molecule has 72 heavy (non-hydrogen) atoms. The predicted molar refractivity (Wildman–Crippen MR) is 282 cm³/mol. The molecule has 0 radical (unpaired) electrons. The van der Waals surface area contributed by atoms with Gasteiger partial charge in [-0.15, -0.1) is 0 Å². The number of phenols is 1. The summed E-state index contributed by atoms with van der Waals surface area (Å²) in [5.74, 6) is 1.78. The average Bonchev–Trinajstić information content (AvgIpc) is 3.68. The van der Waals surface area contributed by atoms with Gasteiger partial charge in [0, 0.05) is 48.2 Å². The number of carbonyl (C=O) groups excluding carboxylic acids is 2. The molecule has 2 aromatic rings. The molecule has 2 saturated heterocycles. The summed E-state index contributed by atoms with van der Waals surface area (Å²) in [7, 11) is 1.92. The number of hydrogen-bond donors (Lipinski definition) is 7. The number of allylic oxidation sites excluding steroid dienone is 2. The number of fused-ring (bicyclic) bond motifs is 4. The summed E-state index contributed by atoms with van der Waals surface area (Å²) in [6, 6.07) is 14.2. The van der Waals surface area contributed by atoms with Crippen molar-refractivity contribution in [2.24, 2.45) is 57.2 Å². The van der Waals surface area contributed by atoms with Crippen molar-refractivity contribution >= 4 is 17.3 Å². The highest BCUT2D eigenvalue weighted by Crippen LogP contribution is 2.80. The number of aromatic hydroxyl groups is 1. The molecule has 2 aromatic carbocycles. The number of ether oxygens (including phenoxy) is 1. The van der Waals surface area contributed by atoms with Crippen molar-refractivity contribution in [1.82, 2.24) is 10.6 Å². The van der Waals surface area contributed by atoms with E-state index in [-0.39, 0.29) is 70.6 Å². The van der Waals surface area contributed by atoms with Crippen LogP contribution in [0.1, 0.15) is 186 Å². The first-order chi connectivity index (χ1) is 34.1. The van der Waals surface area contributed by atoms with Gasteiger partial charge in [-0.1, -0.05) is 77.2 Å². The molecule has 0 unspecified atom stereocenters. The predicted octanol–water partition coefficient (Wildman–Crippen LogP) is 9.98. The Morgan fingerprint density at radius 1 is 0.903 bits per heavy atom. The van der Waals surface area contributed by atoms with Crippen LogP contribution in [0.25, 0.3) is 0 Å². The largest absolute Gasteiger partial charge is 0.508 e. The van der Waals surface area contributed by atoms with Crippen molar-refractivity contribution in [2.45, 2.75) is 210 Å². The van der Waals surface area contributed by atoms with E-state index in [2.05, 4.69) is 63.5 Å². The normalized spacial score (nSPS) is 45.6. The van der Waals surface area contributed by atoms with Gasteiger partial charge < -0.3 is 41.5 Å². The van der Waals surface area contributed by atoms with Crippen LogP contribution < -0.4 is 16.4 Å². The molecule has 12 rings (SSSR count). The Balaban J connectivity index is 1.00. The van der Waals surface area contributed by atoms with Gasteiger partial charge >= 0.3 is 0 Å². The first-order valence-electron chi connectivity index (χ1n) is 28.7. The Hall–Kier alpha value is -3.12. The number of hydrogen-bond acceptors (Lipinski definition) is 10. The fourth-order valence-electron chi connectivity index (χ4n) is 20.4. The number of Topliss-reactive ketones (excluding diaryl/α,β-unsaturated/α-hetero) is 2. The molecule has 8 aliphatic carbocycles. The first kappa shape index (κ1) is 51.0. The number of phenolic OH excluding ortho intramolecular Hbond substituents is 1. The van der Waals surface area contributed by atoms with E-state index in [4.69, 9.17) is 10.5 Å². The van der Waals surface area contributed by atoms with E-state index in [1.54, 1.807) is 0 Å². The number of carbonyl (C=O) groups is 2. The quantitative estimate of drug-likeness (QED) is 0.0847. The number of nitrogens with one attached hydrogen (secondary N) is 2. The summed E-state index contributed by atoms with van der Waals surface area (Å²) in [6.45, 7) is 15.1. The Morgan fingerprint density at radius 3 is 2.44 bits per heavy atom. The average molecular weight is 988 g/mol. The van der Waals surface area contributed by atoms with E-state index in [9.17, 15) is 20.4 Å². The molecule has 5 bridgehead atoms. The van der Waals surface area contributed by atoms with Crippen LogP contribution in [0.5, 0.6) is 5.75 Å². The lowest BCUT2D eigenvalue weighted by molar-refractivity contribution is -0.218. The molecule has 0 amide bonds. The van der Waals surface area contributed by atoms with E-state index < -0.39 is 39.1 Å². The molecule has 9 fully saturated rings. The van der Waals surface area contributed by atoms with Gasteiger partial charge in [0.25, 0.3) is 0 Å². The Kier molecular flexibility index (Phi) is 12.6. The molecule has 17 atom stereocenters. The molecule has 2 aliphatic heterocycles. The molecule has 10 aliphatic rings. The van der Waals surface area contributed by atoms with E-state index in [0.29, 0.717) is 56.9 Å². The molecule has 10 heteroatoms. The van der Waals surface area contributed by atoms with Gasteiger partial charge in [0.2, 0.25) is 0 Å². The molecule has 10 nitrogen and oxygen atoms in total. The summed E-state index contributed by atoms with van der Waals surface area (Å²) in [4.78, 5) is 31.7. The third-order valence-electron chi connectivity index (χ3n) is 23.2. The van der Waals surface area contributed by atoms with Crippen LogP contribution in [0.3, 0.4) is 0 Å². The van der Waals surface area contributed by atoms with Crippen LogP contribution >= 0.6 is 0 Å². The number of rotatable bonds is 11. The maximum Gasteiger partial charge on any atom is 0.160 e. The summed E-state index contributed by atoms with van der Waals surface area (Å²) in [5.41, 5.74) is 8.04. The second-order valence-electron chi connectivity index (χ2n) is 27.5. The number of benzene rings is 2. The highest BCUT2D eigenvalue weighted by Gasteiger charge is 2.79. The molecule has 394 valence electrons. The smallest absolute Gasteiger partial charge is 0.160 e. The van der Waals surface area contributed by atoms with Gasteiger partial charge in [-0.25, -0.2) is 0 Å². The zero-order chi connectivity index (χ0) is 51.0. The maximum atomic E-state index is 16.1. The third kappa shape index (κ3) is 7.64. The number of β-amino-alcohol motifs (C(OH)–C–C–N with tert-alkyl or cyclic N) is 1. The Labute approximate surface area is 430 Å². The minimum atomic E-state index is -0.913. The lowest BCUT2D eigenvalue weighted by Gasteiger charge is -2.73. The van der Waals surface area contributed by atoms with E-state index in [1.165, 1.54) is 11.1 Å². The highest BCUT2D eigenvalue weighted by molar-refractivity contribution is 6.01. The SMILES string of the molecule is CNCc1cc(O)cc([C@]23CC[C@]45C[C@@]6(C)[C@H](CCC7=C([C@@H](C[C@@H](O)[C@H]8O[C@]8(C)[C@@H]8CCC[C@H]8c8cccc(N)c8)[C@H]8CCC[C@H](CO)C8)C(=O)C[C@@]76C)[C@](C)(C2)[C@@H]4[C@@](C)(CCCC[C@](C)(O)CN5)C3=O)c1. The van der Waals surface area contributed by atoms with Crippen molar-refractivity contribution in [1.29, 1.82) is 0 Å².